The van der Waals surface area contributed by atoms with Crippen LogP contribution in [0.5, 0.6) is 5.88 Å². The van der Waals surface area contributed by atoms with Crippen LogP contribution < -0.4 is 4.74 Å². The van der Waals surface area contributed by atoms with Gasteiger partial charge in [-0.1, -0.05) is 0 Å². The third-order valence-electron chi connectivity index (χ3n) is 3.00. The number of carbonyl (C=O) groups excluding carboxylic acids is 1. The van der Waals surface area contributed by atoms with Gasteiger partial charge in [0.25, 0.3) is 0 Å². The van der Waals surface area contributed by atoms with Crippen LogP contribution in [0, 0.1) is 0 Å². The van der Waals surface area contributed by atoms with Crippen molar-refractivity contribution in [2.45, 2.75) is 26.2 Å². The van der Waals surface area contributed by atoms with Gasteiger partial charge >= 0.3 is 5.97 Å². The molecule has 112 valence electrons. The van der Waals surface area contributed by atoms with Gasteiger partial charge in [-0.3, -0.25) is 4.79 Å². The molecule has 6 nitrogen and oxygen atoms in total. The zero-order chi connectivity index (χ0) is 15.5. The Hall–Kier alpha value is -2.02. The summed E-state index contributed by atoms with van der Waals surface area (Å²) in [5, 5.41) is 10.5. The van der Waals surface area contributed by atoms with Gasteiger partial charge in [-0.2, -0.15) is 0 Å². The van der Waals surface area contributed by atoms with Crippen LogP contribution in [0.25, 0.3) is 10.7 Å². The van der Waals surface area contributed by atoms with Crippen LogP contribution >= 0.6 is 11.3 Å². The molecule has 0 radical (unpaired) electrons. The van der Waals surface area contributed by atoms with E-state index in [2.05, 4.69) is 15.2 Å². The van der Waals surface area contributed by atoms with Crippen molar-refractivity contribution in [3.05, 3.63) is 23.2 Å². The maximum Gasteiger partial charge on any atom is 0.317 e. The number of rotatable bonds is 5. The molecular weight excluding hydrogens is 290 g/mol. The minimum Gasteiger partial charge on any atom is -0.480 e. The summed E-state index contributed by atoms with van der Waals surface area (Å²) >= 11 is 1.42. The molecule has 0 saturated carbocycles. The van der Waals surface area contributed by atoms with Gasteiger partial charge in [-0.25, -0.2) is 4.98 Å². The lowest BCUT2D eigenvalue weighted by atomic mass is 9.90. The first-order valence-electron chi connectivity index (χ1n) is 6.50. The molecule has 7 heteroatoms. The molecule has 0 aromatic carbocycles. The number of aromatic nitrogens is 3. The van der Waals surface area contributed by atoms with E-state index < -0.39 is 5.41 Å². The standard InChI is InChI=1S/C14H17N3O3S/c1-5-20-13(18)14(2,3)10-8-21-12(15-10)9-6-7-11(19-4)17-16-9/h6-8H,5H2,1-4H3. The van der Waals surface area contributed by atoms with Crippen LogP contribution in [-0.4, -0.2) is 34.9 Å². The van der Waals surface area contributed by atoms with Crippen molar-refractivity contribution in [1.29, 1.82) is 0 Å². The summed E-state index contributed by atoms with van der Waals surface area (Å²) in [6.07, 6.45) is 0. The van der Waals surface area contributed by atoms with Crippen molar-refractivity contribution in [3.63, 3.8) is 0 Å². The topological polar surface area (TPSA) is 74.2 Å². The quantitative estimate of drug-likeness (QED) is 0.790. The molecule has 0 saturated heterocycles. The van der Waals surface area contributed by atoms with Crippen LogP contribution in [0.1, 0.15) is 26.5 Å². The number of hydrogen-bond donors (Lipinski definition) is 0. The Morgan fingerprint density at radius 1 is 1.33 bits per heavy atom. The van der Waals surface area contributed by atoms with Gasteiger partial charge in [0.1, 0.15) is 16.1 Å². The average molecular weight is 307 g/mol. The highest BCUT2D eigenvalue weighted by Gasteiger charge is 2.34. The van der Waals surface area contributed by atoms with E-state index in [9.17, 15) is 4.79 Å². The van der Waals surface area contributed by atoms with Gasteiger partial charge in [-0.05, 0) is 26.8 Å². The molecule has 0 bridgehead atoms. The summed E-state index contributed by atoms with van der Waals surface area (Å²) in [6.45, 7) is 5.73. The lowest BCUT2D eigenvalue weighted by Crippen LogP contribution is -2.31. The Morgan fingerprint density at radius 3 is 2.67 bits per heavy atom. The van der Waals surface area contributed by atoms with Crippen LogP contribution in [0.4, 0.5) is 0 Å². The molecule has 2 aromatic heterocycles. The highest BCUT2D eigenvalue weighted by molar-refractivity contribution is 7.13. The number of carbonyl (C=O) groups is 1. The number of esters is 1. The van der Waals surface area contributed by atoms with Gasteiger partial charge in [0.15, 0.2) is 0 Å². The minimum atomic E-state index is -0.787. The Morgan fingerprint density at radius 2 is 2.10 bits per heavy atom. The predicted molar refractivity (Wildman–Crippen MR) is 79.4 cm³/mol. The van der Waals surface area contributed by atoms with E-state index in [1.54, 1.807) is 32.9 Å². The first-order chi connectivity index (χ1) is 9.98. The molecule has 0 spiro atoms. The molecule has 0 atom stereocenters. The molecule has 0 unspecified atom stereocenters. The first kappa shape index (κ1) is 15.4. The summed E-state index contributed by atoms with van der Waals surface area (Å²) in [6, 6.07) is 3.51. The van der Waals surface area contributed by atoms with E-state index in [-0.39, 0.29) is 5.97 Å². The summed E-state index contributed by atoms with van der Waals surface area (Å²) in [5.74, 6) is 0.157. The number of methoxy groups -OCH3 is 1. The molecule has 0 N–H and O–H groups in total. The first-order valence-corrected chi connectivity index (χ1v) is 7.38. The fraction of sp³-hybridized carbons (Fsp3) is 0.429. The van der Waals surface area contributed by atoms with Crippen molar-refractivity contribution in [2.24, 2.45) is 0 Å². The van der Waals surface area contributed by atoms with E-state index in [4.69, 9.17) is 9.47 Å². The van der Waals surface area contributed by atoms with Crippen molar-refractivity contribution in [3.8, 4) is 16.6 Å². The Kier molecular flexibility index (Phi) is 4.52. The predicted octanol–water partition coefficient (Wildman–Crippen LogP) is 2.45. The molecule has 2 aromatic rings. The third kappa shape index (κ3) is 3.18. The number of thiazole rings is 1. The van der Waals surface area contributed by atoms with E-state index in [1.165, 1.54) is 18.4 Å². The van der Waals surface area contributed by atoms with Crippen LogP contribution in [0.3, 0.4) is 0 Å². The van der Waals surface area contributed by atoms with Crippen molar-refractivity contribution < 1.29 is 14.3 Å². The van der Waals surface area contributed by atoms with E-state index in [0.717, 1.165) is 0 Å². The number of nitrogens with zero attached hydrogens (tertiary/aromatic N) is 3. The van der Waals surface area contributed by atoms with Gasteiger partial charge in [0.2, 0.25) is 5.88 Å². The second-order valence-corrected chi connectivity index (χ2v) is 5.70. The average Bonchev–Trinajstić information content (AvgIpc) is 2.98. The Bertz CT molecular complexity index is 623. The second kappa shape index (κ2) is 6.17. The molecule has 0 fully saturated rings. The Balaban J connectivity index is 2.26. The second-order valence-electron chi connectivity index (χ2n) is 4.84. The SMILES string of the molecule is CCOC(=O)C(C)(C)c1csc(-c2ccc(OC)nn2)n1. The number of hydrogen-bond acceptors (Lipinski definition) is 7. The van der Waals surface area contributed by atoms with Crippen LogP contribution in [0.2, 0.25) is 0 Å². The summed E-state index contributed by atoms with van der Waals surface area (Å²) < 4.78 is 10.1. The Labute approximate surface area is 127 Å². The molecule has 2 rings (SSSR count). The molecule has 0 aliphatic carbocycles. The van der Waals surface area contributed by atoms with E-state index in [1.807, 2.05) is 5.38 Å². The molecule has 0 aliphatic rings. The lowest BCUT2D eigenvalue weighted by Gasteiger charge is -2.19. The maximum absolute atomic E-state index is 12.0. The molecule has 0 amide bonds. The largest absolute Gasteiger partial charge is 0.480 e. The highest BCUT2D eigenvalue weighted by Crippen LogP contribution is 2.30. The molecular formula is C14H17N3O3S. The maximum atomic E-state index is 12.0. The van der Waals surface area contributed by atoms with E-state index >= 15 is 0 Å². The van der Waals surface area contributed by atoms with Crippen molar-refractivity contribution in [1.82, 2.24) is 15.2 Å². The zero-order valence-electron chi connectivity index (χ0n) is 12.4. The van der Waals surface area contributed by atoms with Crippen LogP contribution in [-0.2, 0) is 14.9 Å². The zero-order valence-corrected chi connectivity index (χ0v) is 13.2. The smallest absolute Gasteiger partial charge is 0.317 e. The summed E-state index contributed by atoms with van der Waals surface area (Å²) in [5.41, 5.74) is 0.523. The highest BCUT2D eigenvalue weighted by atomic mass is 32.1. The van der Waals surface area contributed by atoms with Gasteiger partial charge in [-0.15, -0.1) is 21.5 Å². The lowest BCUT2D eigenvalue weighted by molar-refractivity contribution is -0.148. The fourth-order valence-corrected chi connectivity index (χ4v) is 2.59. The summed E-state index contributed by atoms with van der Waals surface area (Å²) in [4.78, 5) is 16.5. The van der Waals surface area contributed by atoms with Gasteiger partial charge in [0, 0.05) is 11.4 Å². The van der Waals surface area contributed by atoms with Crippen molar-refractivity contribution in [2.75, 3.05) is 13.7 Å². The van der Waals surface area contributed by atoms with E-state index in [0.29, 0.717) is 28.9 Å². The minimum absolute atomic E-state index is 0.289. The third-order valence-corrected chi connectivity index (χ3v) is 3.86. The number of ether oxygens (including phenoxy) is 2. The molecule has 2 heterocycles. The van der Waals surface area contributed by atoms with Gasteiger partial charge in [0.05, 0.1) is 19.4 Å². The van der Waals surface area contributed by atoms with Crippen LogP contribution in [0.15, 0.2) is 17.5 Å². The summed E-state index contributed by atoms with van der Waals surface area (Å²) in [7, 11) is 1.53. The van der Waals surface area contributed by atoms with Crippen molar-refractivity contribution >= 4 is 17.3 Å². The molecule has 0 aliphatic heterocycles. The van der Waals surface area contributed by atoms with Gasteiger partial charge < -0.3 is 9.47 Å². The normalized spacial score (nSPS) is 11.2. The monoisotopic (exact) mass is 307 g/mol. The molecule has 21 heavy (non-hydrogen) atoms. The fourth-order valence-electron chi connectivity index (χ4n) is 1.64.